The summed E-state index contributed by atoms with van der Waals surface area (Å²) in [6, 6.07) is 6.71. The molecule has 1 aromatic rings. The number of carbonyl (C=O) groups excluding carboxylic acids is 2. The minimum absolute atomic E-state index is 0.167. The fourth-order valence-corrected chi connectivity index (χ4v) is 1.79. The number of hydrogen-bond acceptors (Lipinski definition) is 5. The standard InChI is InChI=1S/C11H13N5O2/c12-7-14-16(13)6-5-15-10(17)8-3-1-2-4-9(8)11(15)18/h1-4,7H,5-6,13H2,(H2,12,14). The van der Waals surface area contributed by atoms with Gasteiger partial charge in [-0.1, -0.05) is 12.1 Å². The van der Waals surface area contributed by atoms with Crippen molar-refractivity contribution in [1.82, 2.24) is 10.0 Å². The van der Waals surface area contributed by atoms with E-state index in [2.05, 4.69) is 5.10 Å². The number of fused-ring (bicyclic) bond motifs is 1. The van der Waals surface area contributed by atoms with E-state index in [1.54, 1.807) is 24.3 Å². The molecule has 18 heavy (non-hydrogen) atoms. The van der Waals surface area contributed by atoms with Gasteiger partial charge in [-0.15, -0.1) is 0 Å². The molecule has 7 nitrogen and oxygen atoms in total. The lowest BCUT2D eigenvalue weighted by Gasteiger charge is -2.17. The molecule has 0 aliphatic carbocycles. The van der Waals surface area contributed by atoms with E-state index in [9.17, 15) is 9.59 Å². The zero-order valence-electron chi connectivity index (χ0n) is 9.61. The first kappa shape index (κ1) is 12.1. The predicted molar refractivity (Wildman–Crippen MR) is 65.4 cm³/mol. The van der Waals surface area contributed by atoms with Crippen molar-refractivity contribution in [3.63, 3.8) is 0 Å². The summed E-state index contributed by atoms with van der Waals surface area (Å²) in [6.45, 7) is 0.388. The van der Waals surface area contributed by atoms with Gasteiger partial charge in [-0.2, -0.15) is 5.10 Å². The molecule has 7 heteroatoms. The first-order valence-electron chi connectivity index (χ1n) is 5.36. The van der Waals surface area contributed by atoms with Crippen molar-refractivity contribution in [3.8, 4) is 0 Å². The molecule has 0 radical (unpaired) electrons. The number of imide groups is 1. The molecule has 2 amide bonds. The SMILES string of the molecule is N/C=N\N(N)CCN1C(=O)c2ccccc2C1=O. The van der Waals surface area contributed by atoms with Gasteiger partial charge in [-0.3, -0.25) is 14.5 Å². The van der Waals surface area contributed by atoms with Crippen LogP contribution in [0, 0.1) is 0 Å². The number of nitrogens with zero attached hydrogens (tertiary/aromatic N) is 3. The molecule has 94 valence electrons. The Hall–Kier alpha value is -2.41. The van der Waals surface area contributed by atoms with Crippen molar-refractivity contribution in [2.24, 2.45) is 16.7 Å². The van der Waals surface area contributed by atoms with Crippen LogP contribution < -0.4 is 11.6 Å². The Kier molecular flexibility index (Phi) is 3.24. The Bertz CT molecular complexity index is 479. The highest BCUT2D eigenvalue weighted by molar-refractivity contribution is 6.21. The van der Waals surface area contributed by atoms with Crippen LogP contribution in [0.5, 0.6) is 0 Å². The molecule has 0 fully saturated rings. The van der Waals surface area contributed by atoms with Crippen molar-refractivity contribution < 1.29 is 9.59 Å². The zero-order chi connectivity index (χ0) is 13.1. The second-order valence-electron chi connectivity index (χ2n) is 3.74. The Morgan fingerprint density at radius 2 is 1.78 bits per heavy atom. The molecule has 1 aliphatic heterocycles. The van der Waals surface area contributed by atoms with Crippen LogP contribution in [0.15, 0.2) is 29.4 Å². The van der Waals surface area contributed by atoms with E-state index in [-0.39, 0.29) is 24.9 Å². The van der Waals surface area contributed by atoms with Crippen LogP contribution in [0.25, 0.3) is 0 Å². The summed E-state index contributed by atoms with van der Waals surface area (Å²) < 4.78 is 0. The van der Waals surface area contributed by atoms with Gasteiger partial charge in [0.05, 0.1) is 24.2 Å². The van der Waals surface area contributed by atoms with Crippen molar-refractivity contribution in [2.45, 2.75) is 0 Å². The van der Waals surface area contributed by atoms with Crippen LogP contribution in [0.2, 0.25) is 0 Å². The molecule has 2 rings (SSSR count). The van der Waals surface area contributed by atoms with Crippen molar-refractivity contribution in [1.29, 1.82) is 0 Å². The maximum Gasteiger partial charge on any atom is 0.261 e. The summed E-state index contributed by atoms with van der Waals surface area (Å²) >= 11 is 0. The van der Waals surface area contributed by atoms with Gasteiger partial charge in [-0.25, -0.2) is 11.0 Å². The lowest BCUT2D eigenvalue weighted by atomic mass is 10.1. The van der Waals surface area contributed by atoms with Crippen molar-refractivity contribution in [2.75, 3.05) is 13.1 Å². The average molecular weight is 247 g/mol. The van der Waals surface area contributed by atoms with Gasteiger partial charge in [0, 0.05) is 0 Å². The molecule has 0 saturated carbocycles. The molecule has 1 aliphatic rings. The summed E-state index contributed by atoms with van der Waals surface area (Å²) in [5.74, 6) is 4.85. The zero-order valence-corrected chi connectivity index (χ0v) is 9.61. The minimum atomic E-state index is -0.305. The third kappa shape index (κ3) is 2.03. The first-order valence-corrected chi connectivity index (χ1v) is 5.36. The minimum Gasteiger partial charge on any atom is -0.388 e. The van der Waals surface area contributed by atoms with Crippen molar-refractivity contribution in [3.05, 3.63) is 35.4 Å². The molecule has 0 unspecified atom stereocenters. The third-order valence-electron chi connectivity index (χ3n) is 2.65. The Morgan fingerprint density at radius 1 is 1.22 bits per heavy atom. The second kappa shape index (κ2) is 4.84. The number of carbonyl (C=O) groups is 2. The van der Waals surface area contributed by atoms with Gasteiger partial charge in [0.25, 0.3) is 11.8 Å². The van der Waals surface area contributed by atoms with E-state index in [1.165, 1.54) is 0 Å². The molecule has 4 N–H and O–H groups in total. The number of rotatable bonds is 4. The molecule has 0 saturated heterocycles. The largest absolute Gasteiger partial charge is 0.388 e. The first-order chi connectivity index (χ1) is 8.65. The predicted octanol–water partition coefficient (Wildman–Crippen LogP) is -0.640. The summed E-state index contributed by atoms with van der Waals surface area (Å²) in [5.41, 5.74) is 5.92. The fraction of sp³-hybridized carbons (Fsp3) is 0.182. The van der Waals surface area contributed by atoms with E-state index in [4.69, 9.17) is 11.6 Å². The quantitative estimate of drug-likeness (QED) is 0.242. The van der Waals surface area contributed by atoms with E-state index in [0.717, 1.165) is 16.4 Å². The monoisotopic (exact) mass is 247 g/mol. The molecule has 0 bridgehead atoms. The van der Waals surface area contributed by atoms with Crippen molar-refractivity contribution >= 4 is 18.2 Å². The van der Waals surface area contributed by atoms with Gasteiger partial charge < -0.3 is 5.73 Å². The normalized spacial score (nSPS) is 14.4. The molecular weight excluding hydrogens is 234 g/mol. The third-order valence-corrected chi connectivity index (χ3v) is 2.65. The summed E-state index contributed by atoms with van der Waals surface area (Å²) in [5, 5.41) is 4.67. The lowest BCUT2D eigenvalue weighted by molar-refractivity contribution is 0.0637. The Morgan fingerprint density at radius 3 is 2.28 bits per heavy atom. The Balaban J connectivity index is 2.09. The summed E-state index contributed by atoms with van der Waals surface area (Å²) in [4.78, 5) is 25.1. The number of nitrogens with two attached hydrogens (primary N) is 2. The van der Waals surface area contributed by atoms with Gasteiger partial charge >= 0.3 is 0 Å². The van der Waals surface area contributed by atoms with Crippen LogP contribution in [0.3, 0.4) is 0 Å². The van der Waals surface area contributed by atoms with Crippen LogP contribution in [-0.2, 0) is 0 Å². The summed E-state index contributed by atoms with van der Waals surface area (Å²) in [7, 11) is 0. The van der Waals surface area contributed by atoms with E-state index in [1.807, 2.05) is 0 Å². The highest BCUT2D eigenvalue weighted by atomic mass is 16.2. The Labute approximate surface area is 104 Å². The topological polar surface area (TPSA) is 105 Å². The number of hydrogen-bond donors (Lipinski definition) is 2. The molecule has 1 aromatic carbocycles. The fourth-order valence-electron chi connectivity index (χ4n) is 1.79. The van der Waals surface area contributed by atoms with E-state index >= 15 is 0 Å². The highest BCUT2D eigenvalue weighted by Gasteiger charge is 2.34. The highest BCUT2D eigenvalue weighted by Crippen LogP contribution is 2.21. The maximum absolute atomic E-state index is 12.0. The smallest absolute Gasteiger partial charge is 0.261 e. The van der Waals surface area contributed by atoms with Gasteiger partial charge in [0.1, 0.15) is 6.34 Å². The van der Waals surface area contributed by atoms with Gasteiger partial charge in [0.15, 0.2) is 0 Å². The van der Waals surface area contributed by atoms with E-state index in [0.29, 0.717) is 11.1 Å². The van der Waals surface area contributed by atoms with Crippen LogP contribution >= 0.6 is 0 Å². The number of amides is 2. The molecule has 0 aromatic heterocycles. The lowest BCUT2D eigenvalue weighted by Crippen LogP contribution is -2.39. The second-order valence-corrected chi connectivity index (χ2v) is 3.74. The van der Waals surface area contributed by atoms with E-state index < -0.39 is 0 Å². The maximum atomic E-state index is 12.0. The van der Waals surface area contributed by atoms with Crippen LogP contribution in [-0.4, -0.2) is 41.3 Å². The van der Waals surface area contributed by atoms with Gasteiger partial charge in [0.2, 0.25) is 0 Å². The molecule has 0 spiro atoms. The molecule has 0 atom stereocenters. The average Bonchev–Trinajstić information content (AvgIpc) is 2.61. The summed E-state index contributed by atoms with van der Waals surface area (Å²) in [6.07, 6.45) is 1.04. The van der Waals surface area contributed by atoms with Crippen LogP contribution in [0.1, 0.15) is 20.7 Å². The molecule has 1 heterocycles. The number of hydrazone groups is 1. The molecular formula is C11H13N5O2. The van der Waals surface area contributed by atoms with Gasteiger partial charge in [-0.05, 0) is 12.1 Å². The number of benzene rings is 1. The number of hydrazine groups is 1. The van der Waals surface area contributed by atoms with Crippen LogP contribution in [0.4, 0.5) is 0 Å².